The van der Waals surface area contributed by atoms with E-state index in [0.29, 0.717) is 23.5 Å². The molecule has 0 fully saturated rings. The summed E-state index contributed by atoms with van der Waals surface area (Å²) in [7, 11) is 0. The zero-order chi connectivity index (χ0) is 22.8. The second-order valence-corrected chi connectivity index (χ2v) is 7.74. The third kappa shape index (κ3) is 4.04. The van der Waals surface area contributed by atoms with Crippen LogP contribution in [-0.4, -0.2) is 21.8 Å². The third-order valence-electron chi connectivity index (χ3n) is 5.53. The molecule has 5 rings (SSSR count). The smallest absolute Gasteiger partial charge is 0.274 e. The van der Waals surface area contributed by atoms with Crippen molar-refractivity contribution in [3.63, 3.8) is 0 Å². The summed E-state index contributed by atoms with van der Waals surface area (Å²) >= 11 is 0. The number of rotatable bonds is 3. The molecule has 0 saturated heterocycles. The second kappa shape index (κ2) is 8.55. The molecule has 1 aliphatic heterocycles. The molecule has 2 N–H and O–H groups in total. The Bertz CT molecular complexity index is 1350. The first-order valence-corrected chi connectivity index (χ1v) is 10.5. The van der Waals surface area contributed by atoms with E-state index < -0.39 is 0 Å². The maximum Gasteiger partial charge on any atom is 0.274 e. The van der Waals surface area contributed by atoms with Crippen LogP contribution in [0.5, 0.6) is 0 Å². The molecule has 33 heavy (non-hydrogen) atoms. The van der Waals surface area contributed by atoms with E-state index in [4.69, 9.17) is 0 Å². The van der Waals surface area contributed by atoms with Crippen molar-refractivity contribution in [2.75, 3.05) is 15.5 Å². The van der Waals surface area contributed by atoms with Crippen molar-refractivity contribution in [2.45, 2.75) is 13.5 Å². The number of hydrogen-bond donors (Lipinski definition) is 2. The maximum atomic E-state index is 13.5. The van der Waals surface area contributed by atoms with E-state index in [0.717, 1.165) is 28.3 Å². The Morgan fingerprint density at radius 3 is 2.48 bits per heavy atom. The predicted octanol–water partition coefficient (Wildman–Crippen LogP) is 4.94. The van der Waals surface area contributed by atoms with Gasteiger partial charge in [0.15, 0.2) is 0 Å². The zero-order valence-corrected chi connectivity index (χ0v) is 17.9. The standard InChI is InChI=1S/C26H21N5O2/c1-17-6-4-14-27-23(17)25(32)29-20-12-10-18(11-13-20)26(33)31-16-19-7-5-15-28-24(19)30-21-8-2-3-9-22(21)31/h2-15H,16H2,1H3,(H,28,30)(H,29,32). The molecule has 2 aromatic carbocycles. The second-order valence-electron chi connectivity index (χ2n) is 7.74. The number of amides is 2. The molecule has 162 valence electrons. The largest absolute Gasteiger partial charge is 0.338 e. The van der Waals surface area contributed by atoms with Crippen molar-refractivity contribution in [1.82, 2.24) is 9.97 Å². The van der Waals surface area contributed by atoms with Crippen molar-refractivity contribution in [2.24, 2.45) is 0 Å². The molecule has 0 atom stereocenters. The molecule has 7 nitrogen and oxygen atoms in total. The Hall–Kier alpha value is -4.52. The zero-order valence-electron chi connectivity index (χ0n) is 17.9. The van der Waals surface area contributed by atoms with Crippen LogP contribution >= 0.6 is 0 Å². The van der Waals surface area contributed by atoms with Crippen LogP contribution in [-0.2, 0) is 6.54 Å². The minimum atomic E-state index is -0.288. The molecular weight excluding hydrogens is 414 g/mol. The molecule has 7 heteroatoms. The molecular formula is C26H21N5O2. The normalized spacial score (nSPS) is 12.1. The van der Waals surface area contributed by atoms with Crippen LogP contribution in [0.4, 0.5) is 22.9 Å². The molecule has 2 aromatic heterocycles. The number of anilines is 4. The maximum absolute atomic E-state index is 13.5. The highest BCUT2D eigenvalue weighted by atomic mass is 16.2. The van der Waals surface area contributed by atoms with Gasteiger partial charge in [-0.2, -0.15) is 0 Å². The highest BCUT2D eigenvalue weighted by Gasteiger charge is 2.25. The van der Waals surface area contributed by atoms with Crippen LogP contribution in [0.1, 0.15) is 32.0 Å². The number of aromatic nitrogens is 2. The summed E-state index contributed by atoms with van der Waals surface area (Å²) in [6.07, 6.45) is 3.32. The van der Waals surface area contributed by atoms with E-state index in [2.05, 4.69) is 20.6 Å². The summed E-state index contributed by atoms with van der Waals surface area (Å²) in [5.74, 6) is 0.311. The van der Waals surface area contributed by atoms with Crippen molar-refractivity contribution in [1.29, 1.82) is 0 Å². The molecule has 0 spiro atoms. The van der Waals surface area contributed by atoms with Crippen molar-refractivity contribution in [3.8, 4) is 0 Å². The van der Waals surface area contributed by atoms with E-state index in [1.165, 1.54) is 0 Å². The van der Waals surface area contributed by atoms with Gasteiger partial charge >= 0.3 is 0 Å². The number of carbonyl (C=O) groups excluding carboxylic acids is 2. The molecule has 2 amide bonds. The van der Waals surface area contributed by atoms with Gasteiger partial charge in [0.1, 0.15) is 11.5 Å². The Morgan fingerprint density at radius 1 is 0.909 bits per heavy atom. The molecule has 0 saturated carbocycles. The lowest BCUT2D eigenvalue weighted by Crippen LogP contribution is -2.30. The van der Waals surface area contributed by atoms with Gasteiger partial charge in [0.2, 0.25) is 0 Å². The molecule has 0 aliphatic carbocycles. The van der Waals surface area contributed by atoms with Crippen molar-refractivity contribution in [3.05, 3.63) is 108 Å². The molecule has 0 unspecified atom stereocenters. The Balaban J connectivity index is 1.40. The van der Waals surface area contributed by atoms with E-state index in [1.54, 1.807) is 47.6 Å². The minimum Gasteiger partial charge on any atom is -0.338 e. The van der Waals surface area contributed by atoms with Crippen molar-refractivity contribution < 1.29 is 9.59 Å². The van der Waals surface area contributed by atoms with Crippen LogP contribution < -0.4 is 15.5 Å². The van der Waals surface area contributed by atoms with Gasteiger partial charge in [-0.1, -0.05) is 24.3 Å². The number of pyridine rings is 2. The molecule has 0 bridgehead atoms. The number of aryl methyl sites for hydroxylation is 1. The highest BCUT2D eigenvalue weighted by Crippen LogP contribution is 2.35. The topological polar surface area (TPSA) is 87.2 Å². The van der Waals surface area contributed by atoms with Gasteiger partial charge in [-0.05, 0) is 61.0 Å². The van der Waals surface area contributed by atoms with E-state index in [1.807, 2.05) is 49.4 Å². The lowest BCUT2D eigenvalue weighted by molar-refractivity contribution is 0.0984. The summed E-state index contributed by atoms with van der Waals surface area (Å²) in [6, 6.07) is 22.0. The van der Waals surface area contributed by atoms with Gasteiger partial charge in [0.25, 0.3) is 11.8 Å². The average Bonchev–Trinajstić information content (AvgIpc) is 3.01. The monoisotopic (exact) mass is 435 g/mol. The highest BCUT2D eigenvalue weighted by molar-refractivity contribution is 6.09. The lowest BCUT2D eigenvalue weighted by atomic mass is 10.1. The summed E-state index contributed by atoms with van der Waals surface area (Å²) in [5, 5.41) is 6.17. The third-order valence-corrected chi connectivity index (χ3v) is 5.53. The first kappa shape index (κ1) is 20.4. The first-order chi connectivity index (χ1) is 16.1. The number of carbonyl (C=O) groups is 2. The number of para-hydroxylation sites is 2. The Morgan fingerprint density at radius 2 is 1.67 bits per heavy atom. The predicted molar refractivity (Wildman–Crippen MR) is 128 cm³/mol. The van der Waals surface area contributed by atoms with Crippen LogP contribution in [0.2, 0.25) is 0 Å². The first-order valence-electron chi connectivity index (χ1n) is 10.5. The molecule has 4 aromatic rings. The van der Waals surface area contributed by atoms with Crippen LogP contribution in [0.3, 0.4) is 0 Å². The fraction of sp³-hybridized carbons (Fsp3) is 0.0769. The minimum absolute atomic E-state index is 0.139. The van der Waals surface area contributed by atoms with Crippen LogP contribution in [0.25, 0.3) is 0 Å². The number of nitrogens with one attached hydrogen (secondary N) is 2. The average molecular weight is 435 g/mol. The number of nitrogens with zero attached hydrogens (tertiary/aromatic N) is 3. The van der Waals surface area contributed by atoms with Gasteiger partial charge < -0.3 is 15.5 Å². The van der Waals surface area contributed by atoms with Gasteiger partial charge in [0, 0.05) is 29.2 Å². The number of fused-ring (bicyclic) bond motifs is 2. The van der Waals surface area contributed by atoms with E-state index >= 15 is 0 Å². The van der Waals surface area contributed by atoms with Gasteiger partial charge in [-0.15, -0.1) is 0 Å². The van der Waals surface area contributed by atoms with E-state index in [9.17, 15) is 9.59 Å². The molecule has 1 aliphatic rings. The summed E-state index contributed by atoms with van der Waals surface area (Å²) < 4.78 is 0. The van der Waals surface area contributed by atoms with Gasteiger partial charge in [-0.25, -0.2) is 4.98 Å². The number of hydrogen-bond acceptors (Lipinski definition) is 5. The molecule has 3 heterocycles. The Kier molecular flexibility index (Phi) is 5.28. The van der Waals surface area contributed by atoms with Gasteiger partial charge in [0.05, 0.1) is 17.9 Å². The van der Waals surface area contributed by atoms with Crippen LogP contribution in [0, 0.1) is 6.92 Å². The van der Waals surface area contributed by atoms with Gasteiger partial charge in [-0.3, -0.25) is 14.6 Å². The quantitative estimate of drug-likeness (QED) is 0.476. The fourth-order valence-corrected chi connectivity index (χ4v) is 3.82. The SMILES string of the molecule is Cc1cccnc1C(=O)Nc1ccc(C(=O)N2Cc3cccnc3Nc3ccccc32)cc1. The van der Waals surface area contributed by atoms with E-state index in [-0.39, 0.29) is 11.8 Å². The lowest BCUT2D eigenvalue weighted by Gasteiger charge is -2.23. The Labute approximate surface area is 191 Å². The molecule has 0 radical (unpaired) electrons. The summed E-state index contributed by atoms with van der Waals surface area (Å²) in [4.78, 5) is 36.3. The summed E-state index contributed by atoms with van der Waals surface area (Å²) in [5.41, 5.74) is 4.81. The van der Waals surface area contributed by atoms with Crippen molar-refractivity contribution >= 4 is 34.7 Å². The fourth-order valence-electron chi connectivity index (χ4n) is 3.82. The number of benzene rings is 2. The van der Waals surface area contributed by atoms with Crippen LogP contribution in [0.15, 0.2) is 85.2 Å². The summed E-state index contributed by atoms with van der Waals surface area (Å²) in [6.45, 7) is 2.23.